The fourth-order valence-corrected chi connectivity index (χ4v) is 1.62. The van der Waals surface area contributed by atoms with Crippen LogP contribution < -0.4 is 10.1 Å². The fourth-order valence-electron chi connectivity index (χ4n) is 1.62. The van der Waals surface area contributed by atoms with Crippen LogP contribution in [0.1, 0.15) is 19.4 Å². The second-order valence-corrected chi connectivity index (χ2v) is 4.66. The van der Waals surface area contributed by atoms with Crippen molar-refractivity contribution in [1.82, 2.24) is 5.32 Å². The lowest BCUT2D eigenvalue weighted by molar-refractivity contribution is 0.210. The van der Waals surface area contributed by atoms with Gasteiger partial charge >= 0.3 is 0 Å². The molecule has 0 aliphatic rings. The van der Waals surface area contributed by atoms with E-state index in [0.29, 0.717) is 12.5 Å². The van der Waals surface area contributed by atoms with Gasteiger partial charge in [0, 0.05) is 12.6 Å². The number of hydrogen-bond donors (Lipinski definition) is 2. The van der Waals surface area contributed by atoms with Crippen molar-refractivity contribution in [1.29, 1.82) is 0 Å². The lowest BCUT2D eigenvalue weighted by atomic mass is 10.1. The summed E-state index contributed by atoms with van der Waals surface area (Å²) in [6, 6.07) is 8.09. The Hall–Kier alpha value is -1.32. The first-order chi connectivity index (χ1) is 8.67. The Morgan fingerprint density at radius 2 is 2.00 bits per heavy atom. The molecular weight excluding hydrogens is 226 g/mol. The molecule has 3 nitrogen and oxygen atoms in total. The van der Waals surface area contributed by atoms with E-state index in [1.54, 1.807) is 6.08 Å². The van der Waals surface area contributed by atoms with Crippen LogP contribution in [0.15, 0.2) is 36.9 Å². The Bertz CT molecular complexity index is 346. The van der Waals surface area contributed by atoms with E-state index in [9.17, 15) is 5.11 Å². The SMILES string of the molecule is C=CCOc1ccc(CN[C@H](CO)C(C)C)cc1. The summed E-state index contributed by atoms with van der Waals surface area (Å²) in [4.78, 5) is 0. The van der Waals surface area contributed by atoms with Crippen LogP contribution in [0.2, 0.25) is 0 Å². The van der Waals surface area contributed by atoms with Gasteiger partial charge in [-0.25, -0.2) is 0 Å². The summed E-state index contributed by atoms with van der Waals surface area (Å²) in [7, 11) is 0. The molecule has 0 saturated carbocycles. The summed E-state index contributed by atoms with van der Waals surface area (Å²) in [5.41, 5.74) is 1.18. The van der Waals surface area contributed by atoms with Gasteiger partial charge in [0.25, 0.3) is 0 Å². The van der Waals surface area contributed by atoms with Gasteiger partial charge in [-0.2, -0.15) is 0 Å². The molecule has 0 aliphatic carbocycles. The number of ether oxygens (including phenoxy) is 1. The lowest BCUT2D eigenvalue weighted by Crippen LogP contribution is -2.36. The molecule has 0 aromatic heterocycles. The molecule has 1 aromatic carbocycles. The van der Waals surface area contributed by atoms with E-state index in [1.807, 2.05) is 24.3 Å². The molecule has 1 rings (SSSR count). The number of hydrogen-bond acceptors (Lipinski definition) is 3. The minimum Gasteiger partial charge on any atom is -0.490 e. The van der Waals surface area contributed by atoms with E-state index in [4.69, 9.17) is 4.74 Å². The minimum atomic E-state index is 0.140. The van der Waals surface area contributed by atoms with Crippen molar-refractivity contribution >= 4 is 0 Å². The fraction of sp³-hybridized carbons (Fsp3) is 0.467. The van der Waals surface area contributed by atoms with Crippen LogP contribution in [0.25, 0.3) is 0 Å². The molecule has 100 valence electrons. The maximum absolute atomic E-state index is 9.22. The van der Waals surface area contributed by atoms with E-state index in [2.05, 4.69) is 25.7 Å². The third-order valence-electron chi connectivity index (χ3n) is 2.86. The number of nitrogens with one attached hydrogen (secondary N) is 1. The highest BCUT2D eigenvalue weighted by atomic mass is 16.5. The topological polar surface area (TPSA) is 41.5 Å². The number of aliphatic hydroxyl groups is 1. The smallest absolute Gasteiger partial charge is 0.119 e. The van der Waals surface area contributed by atoms with Crippen LogP contribution >= 0.6 is 0 Å². The number of rotatable bonds is 8. The standard InChI is InChI=1S/C15H23NO2/c1-4-9-18-14-7-5-13(6-8-14)10-16-15(11-17)12(2)3/h4-8,12,15-17H,1,9-11H2,2-3H3/t15-/m1/s1. The highest BCUT2D eigenvalue weighted by Gasteiger charge is 2.10. The zero-order valence-electron chi connectivity index (χ0n) is 11.2. The Morgan fingerprint density at radius 1 is 1.33 bits per heavy atom. The van der Waals surface area contributed by atoms with Crippen LogP contribution in [0.3, 0.4) is 0 Å². The number of benzene rings is 1. The van der Waals surface area contributed by atoms with Crippen LogP contribution in [0, 0.1) is 5.92 Å². The second kappa shape index (κ2) is 7.90. The molecule has 0 unspecified atom stereocenters. The van der Waals surface area contributed by atoms with Gasteiger partial charge in [-0.15, -0.1) is 0 Å². The zero-order valence-corrected chi connectivity index (χ0v) is 11.2. The summed E-state index contributed by atoms with van der Waals surface area (Å²) in [6.45, 7) is 9.25. The van der Waals surface area contributed by atoms with Crippen molar-refractivity contribution in [2.75, 3.05) is 13.2 Å². The first kappa shape index (κ1) is 14.7. The van der Waals surface area contributed by atoms with Gasteiger partial charge in [0.15, 0.2) is 0 Å². The van der Waals surface area contributed by atoms with E-state index in [-0.39, 0.29) is 12.6 Å². The maximum Gasteiger partial charge on any atom is 0.119 e. The average molecular weight is 249 g/mol. The van der Waals surface area contributed by atoms with Crippen LogP contribution in [0.4, 0.5) is 0 Å². The summed E-state index contributed by atoms with van der Waals surface area (Å²) >= 11 is 0. The molecule has 0 amide bonds. The van der Waals surface area contributed by atoms with Crippen LogP contribution in [-0.2, 0) is 6.54 Å². The van der Waals surface area contributed by atoms with E-state index >= 15 is 0 Å². The van der Waals surface area contributed by atoms with Crippen LogP contribution in [0.5, 0.6) is 5.75 Å². The molecule has 0 spiro atoms. The Balaban J connectivity index is 2.45. The average Bonchev–Trinajstić information content (AvgIpc) is 2.38. The monoisotopic (exact) mass is 249 g/mol. The van der Waals surface area contributed by atoms with Gasteiger partial charge in [0.1, 0.15) is 12.4 Å². The molecule has 3 heteroatoms. The predicted octanol–water partition coefficient (Wildman–Crippen LogP) is 2.36. The van der Waals surface area contributed by atoms with Gasteiger partial charge in [0.05, 0.1) is 6.61 Å². The maximum atomic E-state index is 9.22. The summed E-state index contributed by atoms with van der Waals surface area (Å²) < 4.78 is 5.42. The molecule has 18 heavy (non-hydrogen) atoms. The molecule has 2 N–H and O–H groups in total. The van der Waals surface area contributed by atoms with E-state index < -0.39 is 0 Å². The summed E-state index contributed by atoms with van der Waals surface area (Å²) in [6.07, 6.45) is 1.73. The normalized spacial score (nSPS) is 12.4. The lowest BCUT2D eigenvalue weighted by Gasteiger charge is -2.20. The Labute approximate surface area is 109 Å². The zero-order chi connectivity index (χ0) is 13.4. The predicted molar refractivity (Wildman–Crippen MR) is 74.7 cm³/mol. The number of aliphatic hydroxyl groups excluding tert-OH is 1. The highest BCUT2D eigenvalue weighted by Crippen LogP contribution is 2.12. The van der Waals surface area contributed by atoms with Gasteiger partial charge < -0.3 is 15.2 Å². The third kappa shape index (κ3) is 4.90. The van der Waals surface area contributed by atoms with Gasteiger partial charge in [-0.3, -0.25) is 0 Å². The molecule has 1 atom stereocenters. The summed E-state index contributed by atoms with van der Waals surface area (Å²) in [5.74, 6) is 1.27. The molecule has 0 aliphatic heterocycles. The van der Waals surface area contributed by atoms with Gasteiger partial charge in [-0.1, -0.05) is 38.6 Å². The summed E-state index contributed by atoms with van der Waals surface area (Å²) in [5, 5.41) is 12.6. The second-order valence-electron chi connectivity index (χ2n) is 4.66. The van der Waals surface area contributed by atoms with Gasteiger partial charge in [-0.05, 0) is 23.6 Å². The van der Waals surface area contributed by atoms with Crippen molar-refractivity contribution in [3.8, 4) is 5.75 Å². The van der Waals surface area contributed by atoms with E-state index in [0.717, 1.165) is 12.3 Å². The molecule has 0 bridgehead atoms. The molecule has 0 fully saturated rings. The molecule has 0 radical (unpaired) electrons. The Kier molecular flexibility index (Phi) is 6.47. The van der Waals surface area contributed by atoms with Gasteiger partial charge in [0.2, 0.25) is 0 Å². The molecule has 1 aromatic rings. The minimum absolute atomic E-state index is 0.140. The largest absolute Gasteiger partial charge is 0.490 e. The Morgan fingerprint density at radius 3 is 2.50 bits per heavy atom. The molecular formula is C15H23NO2. The van der Waals surface area contributed by atoms with Crippen molar-refractivity contribution < 1.29 is 9.84 Å². The third-order valence-corrected chi connectivity index (χ3v) is 2.86. The van der Waals surface area contributed by atoms with E-state index in [1.165, 1.54) is 5.56 Å². The van der Waals surface area contributed by atoms with Crippen molar-refractivity contribution in [2.24, 2.45) is 5.92 Å². The quantitative estimate of drug-likeness (QED) is 0.695. The highest BCUT2D eigenvalue weighted by molar-refractivity contribution is 5.27. The molecule has 0 saturated heterocycles. The first-order valence-corrected chi connectivity index (χ1v) is 6.34. The van der Waals surface area contributed by atoms with Crippen molar-refractivity contribution in [3.05, 3.63) is 42.5 Å². The van der Waals surface area contributed by atoms with Crippen molar-refractivity contribution in [3.63, 3.8) is 0 Å². The van der Waals surface area contributed by atoms with Crippen molar-refractivity contribution in [2.45, 2.75) is 26.4 Å². The first-order valence-electron chi connectivity index (χ1n) is 6.34. The van der Waals surface area contributed by atoms with Crippen LogP contribution in [-0.4, -0.2) is 24.4 Å². The molecule has 0 heterocycles.